The highest BCUT2D eigenvalue weighted by Gasteiger charge is 2.44. The second kappa shape index (κ2) is 17.1. The number of cyclic esters (lactones) is 2. The van der Waals surface area contributed by atoms with E-state index in [0.717, 1.165) is 19.3 Å². The second-order valence-corrected chi connectivity index (χ2v) is 8.58. The summed E-state index contributed by atoms with van der Waals surface area (Å²) < 4.78 is 9.46. The lowest BCUT2D eigenvalue weighted by Gasteiger charge is -2.28. The van der Waals surface area contributed by atoms with Crippen molar-refractivity contribution in [3.63, 3.8) is 0 Å². The number of Topliss-reactive ketones (excluding diaryl/α,β-unsaturated/α-hetero) is 1. The fraction of sp³-hybridized carbons (Fsp3) is 0.875. The van der Waals surface area contributed by atoms with E-state index < -0.39 is 42.6 Å². The number of hydrogen-bond donors (Lipinski definition) is 2. The van der Waals surface area contributed by atoms with Crippen LogP contribution in [0, 0.1) is 0 Å². The molecule has 3 unspecified atom stereocenters. The van der Waals surface area contributed by atoms with E-state index in [0.29, 0.717) is 6.42 Å². The van der Waals surface area contributed by atoms with E-state index >= 15 is 0 Å². The molecule has 0 spiro atoms. The van der Waals surface area contributed by atoms with Gasteiger partial charge in [0.2, 0.25) is 12.2 Å². The fourth-order valence-electron chi connectivity index (χ4n) is 3.80. The minimum atomic E-state index is -1.72. The Morgan fingerprint density at radius 2 is 1.23 bits per heavy atom. The number of ether oxygens (including phenoxy) is 2. The zero-order valence-electron chi connectivity index (χ0n) is 19.2. The van der Waals surface area contributed by atoms with E-state index in [2.05, 4.69) is 11.7 Å². The van der Waals surface area contributed by atoms with E-state index in [1.54, 1.807) is 0 Å². The first-order valence-corrected chi connectivity index (χ1v) is 12.2. The summed E-state index contributed by atoms with van der Waals surface area (Å²) in [5.41, 5.74) is 0. The molecule has 0 aromatic rings. The number of rotatable bonds is 19. The Morgan fingerprint density at radius 1 is 0.774 bits per heavy atom. The van der Waals surface area contributed by atoms with Gasteiger partial charge < -0.3 is 19.7 Å². The number of esters is 2. The first-order valence-electron chi connectivity index (χ1n) is 12.2. The lowest BCUT2D eigenvalue weighted by Crippen LogP contribution is -2.52. The molecule has 1 rings (SSSR count). The fourth-order valence-corrected chi connectivity index (χ4v) is 3.80. The molecule has 0 aromatic carbocycles. The minimum absolute atomic E-state index is 0.129. The van der Waals surface area contributed by atoms with Crippen molar-refractivity contribution in [2.45, 2.75) is 128 Å². The Bertz CT molecular complexity index is 520. The van der Waals surface area contributed by atoms with Crippen LogP contribution in [0.5, 0.6) is 0 Å². The molecule has 0 radical (unpaired) electrons. The normalized spacial score (nSPS) is 19.7. The molecule has 0 aromatic heterocycles. The third kappa shape index (κ3) is 11.6. The molecule has 1 fully saturated rings. The van der Waals surface area contributed by atoms with Crippen molar-refractivity contribution < 1.29 is 34.1 Å². The molecule has 31 heavy (non-hydrogen) atoms. The van der Waals surface area contributed by atoms with Gasteiger partial charge in [0.05, 0.1) is 6.61 Å². The predicted molar refractivity (Wildman–Crippen MR) is 117 cm³/mol. The van der Waals surface area contributed by atoms with E-state index in [-0.39, 0.29) is 6.42 Å². The molecule has 3 atom stereocenters. The van der Waals surface area contributed by atoms with Crippen molar-refractivity contribution in [2.75, 3.05) is 6.61 Å². The van der Waals surface area contributed by atoms with Crippen molar-refractivity contribution in [1.82, 2.24) is 0 Å². The Morgan fingerprint density at radius 3 is 1.68 bits per heavy atom. The molecule has 1 saturated heterocycles. The van der Waals surface area contributed by atoms with Gasteiger partial charge in [-0.05, 0) is 6.42 Å². The Kier molecular flexibility index (Phi) is 15.2. The van der Waals surface area contributed by atoms with Crippen LogP contribution in [0.25, 0.3) is 0 Å². The lowest BCUT2D eigenvalue weighted by molar-refractivity contribution is -0.205. The van der Waals surface area contributed by atoms with Crippen LogP contribution >= 0.6 is 0 Å². The maximum Gasteiger partial charge on any atom is 0.351 e. The summed E-state index contributed by atoms with van der Waals surface area (Å²) in [5.74, 6) is -2.49. The molecular formula is C24H42O7. The molecule has 0 amide bonds. The number of carbonyl (C=O) groups excluding carboxylic acids is 3. The molecule has 2 N–H and O–H groups in total. The van der Waals surface area contributed by atoms with E-state index in [9.17, 15) is 19.5 Å². The van der Waals surface area contributed by atoms with Crippen LogP contribution in [0.2, 0.25) is 0 Å². The molecular weight excluding hydrogens is 400 g/mol. The quantitative estimate of drug-likeness (QED) is 0.230. The summed E-state index contributed by atoms with van der Waals surface area (Å²) in [7, 11) is 0. The Hall–Kier alpha value is -1.47. The Labute approximate surface area is 186 Å². The zero-order chi connectivity index (χ0) is 22.9. The average Bonchev–Trinajstić information content (AvgIpc) is 2.77. The van der Waals surface area contributed by atoms with Gasteiger partial charge in [-0.25, -0.2) is 9.59 Å². The third-order valence-corrected chi connectivity index (χ3v) is 5.81. The maximum absolute atomic E-state index is 12.1. The van der Waals surface area contributed by atoms with Crippen LogP contribution in [-0.4, -0.2) is 52.9 Å². The smallest absolute Gasteiger partial charge is 0.351 e. The van der Waals surface area contributed by atoms with Crippen molar-refractivity contribution in [3.05, 3.63) is 0 Å². The van der Waals surface area contributed by atoms with E-state index in [1.807, 2.05) is 0 Å². The number of aliphatic hydroxyl groups excluding tert-OH is 2. The average molecular weight is 443 g/mol. The van der Waals surface area contributed by atoms with Gasteiger partial charge in [-0.1, -0.05) is 96.8 Å². The summed E-state index contributed by atoms with van der Waals surface area (Å²) in [5, 5.41) is 18.9. The summed E-state index contributed by atoms with van der Waals surface area (Å²) in [6.45, 7) is 1.55. The summed E-state index contributed by atoms with van der Waals surface area (Å²) in [6.07, 6.45) is 13.7. The zero-order valence-corrected chi connectivity index (χ0v) is 19.2. The van der Waals surface area contributed by atoms with Crippen molar-refractivity contribution in [2.24, 2.45) is 0 Å². The van der Waals surface area contributed by atoms with Crippen LogP contribution in [0.1, 0.15) is 110 Å². The van der Waals surface area contributed by atoms with Gasteiger partial charge in [0.15, 0.2) is 11.9 Å². The summed E-state index contributed by atoms with van der Waals surface area (Å²) in [6, 6.07) is 0. The molecule has 7 heteroatoms. The van der Waals surface area contributed by atoms with Gasteiger partial charge in [0.1, 0.15) is 0 Å². The molecule has 1 aliphatic rings. The van der Waals surface area contributed by atoms with Crippen LogP contribution in [0.15, 0.2) is 0 Å². The monoisotopic (exact) mass is 442 g/mol. The topological polar surface area (TPSA) is 110 Å². The molecule has 7 nitrogen and oxygen atoms in total. The molecule has 0 bridgehead atoms. The van der Waals surface area contributed by atoms with Gasteiger partial charge in [-0.3, -0.25) is 4.79 Å². The number of aliphatic hydroxyl groups is 2. The summed E-state index contributed by atoms with van der Waals surface area (Å²) >= 11 is 0. The standard InChI is InChI=1S/C24H42O7/c1-2-3-4-5-6-7-8-9-10-11-12-13-14-15-16-17-19(26)21(27)22-24(29)30-20(18-25)23(28)31-22/h20-22,25,27H,2-18H2,1H3. The number of carbonyl (C=O) groups is 3. The molecule has 1 heterocycles. The van der Waals surface area contributed by atoms with Crippen molar-refractivity contribution in [3.8, 4) is 0 Å². The van der Waals surface area contributed by atoms with Crippen LogP contribution < -0.4 is 0 Å². The van der Waals surface area contributed by atoms with Gasteiger partial charge >= 0.3 is 11.9 Å². The number of hydrogen-bond acceptors (Lipinski definition) is 7. The maximum atomic E-state index is 12.1. The first kappa shape index (κ1) is 27.6. The van der Waals surface area contributed by atoms with Crippen LogP contribution in [0.3, 0.4) is 0 Å². The van der Waals surface area contributed by atoms with Gasteiger partial charge in [0, 0.05) is 6.42 Å². The number of unbranched alkanes of at least 4 members (excludes halogenated alkanes) is 14. The largest absolute Gasteiger partial charge is 0.445 e. The van der Waals surface area contributed by atoms with Crippen LogP contribution in [-0.2, 0) is 23.9 Å². The molecule has 0 saturated carbocycles. The molecule has 0 aliphatic carbocycles. The SMILES string of the molecule is CCCCCCCCCCCCCCCCCC(=O)C(O)C1OC(=O)C(CO)OC1=O. The second-order valence-electron chi connectivity index (χ2n) is 8.58. The van der Waals surface area contributed by atoms with E-state index in [1.165, 1.54) is 70.6 Å². The molecule has 1 aliphatic heterocycles. The van der Waals surface area contributed by atoms with Gasteiger partial charge in [-0.15, -0.1) is 0 Å². The Balaban J connectivity index is 1.98. The highest BCUT2D eigenvalue weighted by Crippen LogP contribution is 2.17. The van der Waals surface area contributed by atoms with Crippen molar-refractivity contribution >= 4 is 17.7 Å². The number of ketones is 1. The third-order valence-electron chi connectivity index (χ3n) is 5.81. The predicted octanol–water partition coefficient (Wildman–Crippen LogP) is 4.01. The van der Waals surface area contributed by atoms with Crippen LogP contribution in [0.4, 0.5) is 0 Å². The van der Waals surface area contributed by atoms with Gasteiger partial charge in [0.25, 0.3) is 0 Å². The lowest BCUT2D eigenvalue weighted by atomic mass is 10.0. The highest BCUT2D eigenvalue weighted by molar-refractivity contribution is 5.94. The first-order chi connectivity index (χ1) is 15.0. The van der Waals surface area contributed by atoms with Gasteiger partial charge in [-0.2, -0.15) is 0 Å². The molecule has 180 valence electrons. The highest BCUT2D eigenvalue weighted by atomic mass is 16.7. The van der Waals surface area contributed by atoms with E-state index in [4.69, 9.17) is 9.84 Å². The summed E-state index contributed by atoms with van der Waals surface area (Å²) in [4.78, 5) is 35.4. The minimum Gasteiger partial charge on any atom is -0.445 e. The van der Waals surface area contributed by atoms with Crippen molar-refractivity contribution in [1.29, 1.82) is 0 Å².